The first kappa shape index (κ1) is 14.6. The molecule has 5 nitrogen and oxygen atoms in total. The van der Waals surface area contributed by atoms with Crippen molar-refractivity contribution in [2.24, 2.45) is 0 Å². The van der Waals surface area contributed by atoms with Crippen LogP contribution in [0.5, 0.6) is 5.75 Å². The van der Waals surface area contributed by atoms with Crippen LogP contribution < -0.4 is 10.1 Å². The zero-order chi connectivity index (χ0) is 15.1. The number of hydrogen-bond donors (Lipinski definition) is 1. The monoisotopic (exact) mass is 285 g/mol. The van der Waals surface area contributed by atoms with Crippen LogP contribution in [-0.2, 0) is 4.74 Å². The lowest BCUT2D eigenvalue weighted by atomic mass is 10.2. The van der Waals surface area contributed by atoms with Crippen molar-refractivity contribution >= 4 is 11.9 Å². The summed E-state index contributed by atoms with van der Waals surface area (Å²) in [6.45, 7) is 0.0469. The fourth-order valence-electron chi connectivity index (χ4n) is 1.68. The van der Waals surface area contributed by atoms with Crippen molar-refractivity contribution in [1.82, 2.24) is 5.32 Å². The van der Waals surface area contributed by atoms with E-state index in [-0.39, 0.29) is 12.6 Å². The van der Waals surface area contributed by atoms with Crippen molar-refractivity contribution in [3.8, 4) is 5.75 Å². The number of amides is 1. The Morgan fingerprint density at radius 3 is 2.24 bits per heavy atom. The third kappa shape index (κ3) is 4.07. The highest BCUT2D eigenvalue weighted by Gasteiger charge is 2.06. The topological polar surface area (TPSA) is 64.6 Å². The number of ether oxygens (including phenoxy) is 2. The summed E-state index contributed by atoms with van der Waals surface area (Å²) in [7, 11) is 1.33. The van der Waals surface area contributed by atoms with E-state index in [1.54, 1.807) is 48.5 Å². The molecule has 0 saturated carbocycles. The van der Waals surface area contributed by atoms with Crippen LogP contribution in [0, 0.1) is 0 Å². The van der Waals surface area contributed by atoms with Gasteiger partial charge in [0.05, 0.1) is 12.7 Å². The normalized spacial score (nSPS) is 9.76. The Labute approximate surface area is 122 Å². The lowest BCUT2D eigenvalue weighted by Crippen LogP contribution is -2.27. The average molecular weight is 285 g/mol. The van der Waals surface area contributed by atoms with Crippen molar-refractivity contribution < 1.29 is 19.1 Å². The molecule has 2 aromatic rings. The average Bonchev–Trinajstić information content (AvgIpc) is 2.55. The summed E-state index contributed by atoms with van der Waals surface area (Å²) in [5.41, 5.74) is 1.01. The second-order valence-electron chi connectivity index (χ2n) is 4.18. The third-order valence-electron chi connectivity index (χ3n) is 2.78. The first-order valence-electron chi connectivity index (χ1n) is 6.35. The molecular formula is C16H15NO4. The molecule has 0 fully saturated rings. The van der Waals surface area contributed by atoms with Crippen LogP contribution in [0.2, 0.25) is 0 Å². The third-order valence-corrected chi connectivity index (χ3v) is 2.78. The standard InChI is InChI=1S/C16H15NO4/c1-20-16(19)13-7-9-14(10-8-13)21-11-17-15(18)12-5-3-2-4-6-12/h2-10H,11H2,1H3,(H,17,18). The number of rotatable bonds is 5. The molecular weight excluding hydrogens is 270 g/mol. The molecule has 21 heavy (non-hydrogen) atoms. The smallest absolute Gasteiger partial charge is 0.337 e. The van der Waals surface area contributed by atoms with Crippen molar-refractivity contribution in [2.75, 3.05) is 13.8 Å². The van der Waals surface area contributed by atoms with Gasteiger partial charge in [0.1, 0.15) is 5.75 Å². The van der Waals surface area contributed by atoms with Gasteiger partial charge in [0.15, 0.2) is 6.73 Å². The molecule has 5 heteroatoms. The van der Waals surface area contributed by atoms with E-state index in [1.807, 2.05) is 6.07 Å². The van der Waals surface area contributed by atoms with Gasteiger partial charge in [-0.25, -0.2) is 4.79 Å². The Bertz CT molecular complexity index is 608. The van der Waals surface area contributed by atoms with Gasteiger partial charge >= 0.3 is 5.97 Å². The molecule has 0 aliphatic rings. The zero-order valence-electron chi connectivity index (χ0n) is 11.5. The Morgan fingerprint density at radius 1 is 0.952 bits per heavy atom. The summed E-state index contributed by atoms with van der Waals surface area (Å²) in [5.74, 6) is -0.0586. The maximum absolute atomic E-state index is 11.8. The summed E-state index contributed by atoms with van der Waals surface area (Å²) in [6.07, 6.45) is 0. The number of esters is 1. The maximum Gasteiger partial charge on any atom is 0.337 e. The molecule has 1 N–H and O–H groups in total. The predicted octanol–water partition coefficient (Wildman–Crippen LogP) is 2.24. The van der Waals surface area contributed by atoms with E-state index in [0.29, 0.717) is 16.9 Å². The number of nitrogens with one attached hydrogen (secondary N) is 1. The Balaban J connectivity index is 1.84. The van der Waals surface area contributed by atoms with Gasteiger partial charge in [-0.1, -0.05) is 18.2 Å². The fraction of sp³-hybridized carbons (Fsp3) is 0.125. The highest BCUT2D eigenvalue weighted by Crippen LogP contribution is 2.12. The number of carbonyl (C=O) groups is 2. The maximum atomic E-state index is 11.8. The predicted molar refractivity (Wildman–Crippen MR) is 77.2 cm³/mol. The van der Waals surface area contributed by atoms with Gasteiger partial charge in [-0.15, -0.1) is 0 Å². The second-order valence-corrected chi connectivity index (χ2v) is 4.18. The molecule has 1 amide bonds. The Morgan fingerprint density at radius 2 is 1.62 bits per heavy atom. The quantitative estimate of drug-likeness (QED) is 0.676. The number of benzene rings is 2. The molecule has 0 unspecified atom stereocenters. The van der Waals surface area contributed by atoms with E-state index >= 15 is 0 Å². The van der Waals surface area contributed by atoms with Gasteiger partial charge < -0.3 is 14.8 Å². The molecule has 0 saturated heterocycles. The van der Waals surface area contributed by atoms with Gasteiger partial charge in [0.2, 0.25) is 0 Å². The van der Waals surface area contributed by atoms with E-state index in [2.05, 4.69) is 10.1 Å². The van der Waals surface area contributed by atoms with Crippen molar-refractivity contribution in [3.63, 3.8) is 0 Å². The van der Waals surface area contributed by atoms with Gasteiger partial charge in [-0.05, 0) is 36.4 Å². The first-order chi connectivity index (χ1) is 10.2. The Hall–Kier alpha value is -2.82. The minimum absolute atomic E-state index is 0.0469. The largest absolute Gasteiger partial charge is 0.473 e. The Kier molecular flexibility index (Phi) is 4.93. The number of hydrogen-bond acceptors (Lipinski definition) is 4. The summed E-state index contributed by atoms with van der Waals surface area (Å²) in [4.78, 5) is 23.0. The molecule has 0 aliphatic heterocycles. The highest BCUT2D eigenvalue weighted by atomic mass is 16.5. The van der Waals surface area contributed by atoms with Gasteiger partial charge in [-0.3, -0.25) is 4.79 Å². The minimum Gasteiger partial charge on any atom is -0.473 e. The second kappa shape index (κ2) is 7.09. The molecule has 0 bridgehead atoms. The first-order valence-corrected chi connectivity index (χ1v) is 6.35. The molecule has 2 rings (SSSR count). The van der Waals surface area contributed by atoms with Crippen LogP contribution in [0.15, 0.2) is 54.6 Å². The summed E-state index contributed by atoms with van der Waals surface area (Å²) in [6, 6.07) is 15.3. The fourth-order valence-corrected chi connectivity index (χ4v) is 1.68. The van der Waals surface area contributed by atoms with E-state index in [1.165, 1.54) is 7.11 Å². The highest BCUT2D eigenvalue weighted by molar-refractivity contribution is 5.94. The summed E-state index contributed by atoms with van der Waals surface area (Å²) < 4.78 is 9.98. The lowest BCUT2D eigenvalue weighted by molar-refractivity contribution is 0.0600. The van der Waals surface area contributed by atoms with Crippen molar-refractivity contribution in [2.45, 2.75) is 0 Å². The number of carbonyl (C=O) groups excluding carboxylic acids is 2. The van der Waals surface area contributed by atoms with Crippen LogP contribution in [0.1, 0.15) is 20.7 Å². The molecule has 108 valence electrons. The molecule has 0 aliphatic carbocycles. The summed E-state index contributed by atoms with van der Waals surface area (Å²) >= 11 is 0. The van der Waals surface area contributed by atoms with E-state index in [0.717, 1.165) is 0 Å². The molecule has 0 atom stereocenters. The zero-order valence-corrected chi connectivity index (χ0v) is 11.5. The number of methoxy groups -OCH3 is 1. The van der Waals surface area contributed by atoms with Crippen LogP contribution in [0.3, 0.4) is 0 Å². The van der Waals surface area contributed by atoms with Gasteiger partial charge in [0, 0.05) is 5.56 Å². The summed E-state index contributed by atoms with van der Waals surface area (Å²) in [5, 5.41) is 2.64. The SMILES string of the molecule is COC(=O)c1ccc(OCNC(=O)c2ccccc2)cc1. The van der Waals surface area contributed by atoms with Crippen LogP contribution in [0.25, 0.3) is 0 Å². The van der Waals surface area contributed by atoms with Crippen LogP contribution in [0.4, 0.5) is 0 Å². The molecule has 0 radical (unpaired) electrons. The molecule has 2 aromatic carbocycles. The van der Waals surface area contributed by atoms with Gasteiger partial charge in [0.25, 0.3) is 5.91 Å². The molecule has 0 spiro atoms. The van der Waals surface area contributed by atoms with E-state index < -0.39 is 5.97 Å². The van der Waals surface area contributed by atoms with Crippen molar-refractivity contribution in [1.29, 1.82) is 0 Å². The van der Waals surface area contributed by atoms with Crippen LogP contribution in [-0.4, -0.2) is 25.7 Å². The minimum atomic E-state index is -0.404. The molecule has 0 aromatic heterocycles. The van der Waals surface area contributed by atoms with E-state index in [9.17, 15) is 9.59 Å². The van der Waals surface area contributed by atoms with E-state index in [4.69, 9.17) is 4.74 Å². The van der Waals surface area contributed by atoms with Gasteiger partial charge in [-0.2, -0.15) is 0 Å². The molecule has 0 heterocycles. The van der Waals surface area contributed by atoms with Crippen LogP contribution >= 0.6 is 0 Å². The lowest BCUT2D eigenvalue weighted by Gasteiger charge is -2.08. The van der Waals surface area contributed by atoms with Crippen molar-refractivity contribution in [3.05, 3.63) is 65.7 Å².